The van der Waals surface area contributed by atoms with Gasteiger partial charge in [-0.15, -0.1) is 0 Å². The van der Waals surface area contributed by atoms with E-state index in [1.807, 2.05) is 27.5 Å². The Morgan fingerprint density at radius 3 is 2.59 bits per heavy atom. The minimum atomic E-state index is -1.72. The molecule has 4 N–H and O–H groups in total. The van der Waals surface area contributed by atoms with Crippen molar-refractivity contribution in [3.8, 4) is 0 Å². The Morgan fingerprint density at radius 2 is 2.07 bits per heavy atom. The summed E-state index contributed by atoms with van der Waals surface area (Å²) in [6.45, 7) is 12.1. The van der Waals surface area contributed by atoms with Crippen LogP contribution in [0.5, 0.6) is 0 Å². The van der Waals surface area contributed by atoms with Crippen LogP contribution in [0.4, 0.5) is 4.39 Å². The van der Waals surface area contributed by atoms with Crippen LogP contribution in [0.3, 0.4) is 0 Å². The molecule has 0 fully saturated rings. The number of alkyl halides is 1. The molecular formula is C19H37ClFN4O2PS. The first-order chi connectivity index (χ1) is 13.4. The summed E-state index contributed by atoms with van der Waals surface area (Å²) in [7, 11) is 3.84. The summed E-state index contributed by atoms with van der Waals surface area (Å²) in [4.78, 5) is 0. The van der Waals surface area contributed by atoms with Gasteiger partial charge in [0.05, 0.1) is 18.2 Å². The van der Waals surface area contributed by atoms with Gasteiger partial charge < -0.3 is 15.9 Å². The van der Waals surface area contributed by atoms with Crippen LogP contribution >= 0.6 is 33.1 Å². The van der Waals surface area contributed by atoms with Crippen molar-refractivity contribution in [2.45, 2.75) is 69.5 Å². The van der Waals surface area contributed by atoms with Gasteiger partial charge in [-0.3, -0.25) is 0 Å². The fourth-order valence-electron chi connectivity index (χ4n) is 2.48. The van der Waals surface area contributed by atoms with Crippen LogP contribution in [-0.2, 0) is 9.02 Å². The molecule has 0 spiro atoms. The average Bonchev–Trinajstić information content (AvgIpc) is 2.63. The minimum absolute atomic E-state index is 0.168. The molecule has 0 bridgehead atoms. The topological polar surface area (TPSA) is 83.6 Å². The fraction of sp³-hybridized carbons (Fsp3) is 0.737. The van der Waals surface area contributed by atoms with Crippen molar-refractivity contribution in [1.29, 1.82) is 5.41 Å². The molecular weight excluding hydrogens is 434 g/mol. The van der Waals surface area contributed by atoms with Crippen LogP contribution in [0, 0.1) is 5.41 Å². The monoisotopic (exact) mass is 470 g/mol. The number of ether oxygens (including phenoxy) is 1. The van der Waals surface area contributed by atoms with Gasteiger partial charge in [-0.2, -0.15) is 5.48 Å². The predicted molar refractivity (Wildman–Crippen MR) is 127 cm³/mol. The van der Waals surface area contributed by atoms with E-state index in [9.17, 15) is 4.39 Å². The van der Waals surface area contributed by atoms with E-state index in [4.69, 9.17) is 31.8 Å². The maximum Gasteiger partial charge on any atom is 0.218 e. The van der Waals surface area contributed by atoms with Gasteiger partial charge in [0.1, 0.15) is 12.2 Å². The van der Waals surface area contributed by atoms with Gasteiger partial charge in [-0.25, -0.2) is 13.0 Å². The predicted octanol–water partition coefficient (Wildman–Crippen LogP) is 4.92. The second kappa shape index (κ2) is 14.9. The molecule has 0 aromatic heterocycles. The van der Waals surface area contributed by atoms with E-state index in [0.717, 1.165) is 30.6 Å². The summed E-state index contributed by atoms with van der Waals surface area (Å²) in [5, 5.41) is 8.23. The van der Waals surface area contributed by atoms with E-state index in [-0.39, 0.29) is 12.6 Å². The lowest BCUT2D eigenvalue weighted by Crippen LogP contribution is -2.44. The van der Waals surface area contributed by atoms with Gasteiger partial charge in [-0.05, 0) is 58.9 Å². The van der Waals surface area contributed by atoms with Gasteiger partial charge >= 0.3 is 0 Å². The van der Waals surface area contributed by atoms with Crippen LogP contribution in [0.2, 0.25) is 0 Å². The molecule has 0 amide bonds. The SMILES string of the molecule is C=C(Cl)CCC(=C)[C@@](C)(CCCN)NOSN(C)C(C=N)CCCOC(C)(F)P. The standard InChI is InChI=1S/C19H37ClFN4O2PS/c1-15(9-10-16(2)20)18(3,11-7-12-22)24-27-29-25(5)17(14-23)8-6-13-26-19(4,21)28/h14,17,23-24H,1-2,6-13,22,28H2,3-5H3/t17?,18-,19?/m1/s1. The molecule has 10 heteroatoms. The Kier molecular flexibility index (Phi) is 14.8. The lowest BCUT2D eigenvalue weighted by atomic mass is 9.86. The zero-order valence-corrected chi connectivity index (χ0v) is 20.5. The summed E-state index contributed by atoms with van der Waals surface area (Å²) in [5.41, 5.74) is 7.54. The summed E-state index contributed by atoms with van der Waals surface area (Å²) in [6, 6.07) is -0.168. The van der Waals surface area contributed by atoms with Gasteiger partial charge in [0.25, 0.3) is 0 Å². The molecule has 0 aliphatic heterocycles. The van der Waals surface area contributed by atoms with Gasteiger partial charge in [-0.1, -0.05) is 39.6 Å². The van der Waals surface area contributed by atoms with E-state index >= 15 is 0 Å². The van der Waals surface area contributed by atoms with Crippen molar-refractivity contribution in [2.24, 2.45) is 5.73 Å². The first-order valence-corrected chi connectivity index (χ1v) is 11.3. The highest BCUT2D eigenvalue weighted by Gasteiger charge is 2.28. The number of halogens is 2. The quantitative estimate of drug-likeness (QED) is 0.0501. The lowest BCUT2D eigenvalue weighted by Gasteiger charge is -2.33. The average molecular weight is 471 g/mol. The van der Waals surface area contributed by atoms with Crippen LogP contribution in [-0.4, -0.2) is 47.9 Å². The number of allylic oxidation sites excluding steroid dienone is 1. The first kappa shape index (κ1) is 28.9. The Labute approximate surface area is 187 Å². The molecule has 0 radical (unpaired) electrons. The third-order valence-corrected chi connectivity index (χ3v) is 5.49. The number of nitrogens with one attached hydrogen (secondary N) is 2. The molecule has 170 valence electrons. The highest BCUT2D eigenvalue weighted by Crippen LogP contribution is 2.28. The van der Waals surface area contributed by atoms with E-state index < -0.39 is 11.1 Å². The smallest absolute Gasteiger partial charge is 0.218 e. The van der Waals surface area contributed by atoms with Crippen molar-refractivity contribution in [2.75, 3.05) is 20.2 Å². The molecule has 3 unspecified atom stereocenters. The maximum atomic E-state index is 13.3. The molecule has 0 saturated carbocycles. The zero-order chi connectivity index (χ0) is 22.5. The van der Waals surface area contributed by atoms with Crippen molar-refractivity contribution >= 4 is 39.3 Å². The van der Waals surface area contributed by atoms with Crippen LogP contribution in [0.1, 0.15) is 52.4 Å². The Balaban J connectivity index is 4.57. The van der Waals surface area contributed by atoms with E-state index in [1.54, 1.807) is 0 Å². The normalized spacial score (nSPS) is 16.8. The second-order valence-corrected chi connectivity index (χ2v) is 9.82. The first-order valence-electron chi connectivity index (χ1n) is 9.62. The molecule has 0 aliphatic carbocycles. The van der Waals surface area contributed by atoms with Gasteiger partial charge in [0, 0.05) is 18.3 Å². The molecule has 6 nitrogen and oxygen atoms in total. The Hall–Kier alpha value is -0.0500. The number of hydroxylamine groups is 1. The van der Waals surface area contributed by atoms with Crippen LogP contribution in [0.15, 0.2) is 23.8 Å². The molecule has 0 aliphatic rings. The number of nitrogens with zero attached hydrogens (tertiary/aromatic N) is 1. The number of nitrogens with two attached hydrogens (primary N) is 1. The molecule has 0 rings (SSSR count). The summed E-state index contributed by atoms with van der Waals surface area (Å²) < 4.78 is 25.8. The van der Waals surface area contributed by atoms with Gasteiger partial charge in [0.15, 0.2) is 0 Å². The second-order valence-electron chi connectivity index (χ2n) is 7.36. The number of rotatable bonds is 18. The van der Waals surface area contributed by atoms with E-state index in [1.165, 1.54) is 13.1 Å². The number of hydrogen-bond donors (Lipinski definition) is 3. The Bertz CT molecular complexity index is 525. The molecule has 0 aromatic carbocycles. The zero-order valence-electron chi connectivity index (χ0n) is 17.8. The highest BCUT2D eigenvalue weighted by molar-refractivity contribution is 7.92. The Morgan fingerprint density at radius 1 is 1.41 bits per heavy atom. The largest absolute Gasteiger partial charge is 0.343 e. The summed E-state index contributed by atoms with van der Waals surface area (Å²) >= 11 is 6.99. The third-order valence-electron chi connectivity index (χ3n) is 4.47. The fourth-order valence-corrected chi connectivity index (χ4v) is 3.30. The highest BCUT2D eigenvalue weighted by atomic mass is 35.5. The molecule has 0 heterocycles. The van der Waals surface area contributed by atoms with E-state index in [2.05, 4.69) is 18.6 Å². The van der Waals surface area contributed by atoms with Crippen molar-refractivity contribution < 1.29 is 13.4 Å². The third kappa shape index (κ3) is 13.8. The van der Waals surface area contributed by atoms with Crippen LogP contribution < -0.4 is 11.2 Å². The van der Waals surface area contributed by atoms with E-state index in [0.29, 0.717) is 37.3 Å². The molecule has 0 aromatic rings. The number of hydrogen-bond acceptors (Lipinski definition) is 7. The molecule has 29 heavy (non-hydrogen) atoms. The maximum absolute atomic E-state index is 13.3. The van der Waals surface area contributed by atoms with Crippen molar-refractivity contribution in [3.05, 3.63) is 23.8 Å². The minimum Gasteiger partial charge on any atom is -0.343 e. The lowest BCUT2D eigenvalue weighted by molar-refractivity contribution is -0.0578. The summed E-state index contributed by atoms with van der Waals surface area (Å²) in [6.07, 6.45) is 5.55. The van der Waals surface area contributed by atoms with Crippen molar-refractivity contribution in [3.63, 3.8) is 0 Å². The summed E-state index contributed by atoms with van der Waals surface area (Å²) in [5.74, 6) is 0. The van der Waals surface area contributed by atoms with Crippen LogP contribution in [0.25, 0.3) is 0 Å². The van der Waals surface area contributed by atoms with Gasteiger partial charge in [0.2, 0.25) is 5.60 Å². The molecule has 4 atom stereocenters. The van der Waals surface area contributed by atoms with Crippen molar-refractivity contribution in [1.82, 2.24) is 9.79 Å². The molecule has 0 saturated heterocycles.